The van der Waals surface area contributed by atoms with Crippen LogP contribution >= 0.6 is 11.8 Å². The molecule has 4 nitrogen and oxygen atoms in total. The third-order valence-electron chi connectivity index (χ3n) is 4.10. The maximum Gasteiger partial charge on any atom is 0.266 e. The molecule has 0 aliphatic carbocycles. The Morgan fingerprint density at radius 3 is 2.56 bits per heavy atom. The van der Waals surface area contributed by atoms with Crippen molar-refractivity contribution in [3.8, 4) is 5.75 Å². The number of benzene rings is 2. The van der Waals surface area contributed by atoms with E-state index in [9.17, 15) is 4.79 Å². The number of ether oxygens (including phenoxy) is 1. The summed E-state index contributed by atoms with van der Waals surface area (Å²) in [6, 6.07) is 13.7. The molecule has 5 heteroatoms. The van der Waals surface area contributed by atoms with Gasteiger partial charge in [0.1, 0.15) is 5.75 Å². The number of aliphatic imine (C=N–C) groups is 1. The molecule has 0 unspecified atom stereocenters. The van der Waals surface area contributed by atoms with Crippen LogP contribution in [0.15, 0.2) is 52.4 Å². The van der Waals surface area contributed by atoms with Crippen LogP contribution in [-0.2, 0) is 4.79 Å². The molecule has 1 fully saturated rings. The number of amidine groups is 1. The molecule has 1 saturated heterocycles. The van der Waals surface area contributed by atoms with Gasteiger partial charge in [-0.3, -0.25) is 9.69 Å². The van der Waals surface area contributed by atoms with Crippen molar-refractivity contribution in [1.29, 1.82) is 0 Å². The molecule has 1 aliphatic rings. The standard InChI is InChI=1S/C20H20N2O2S/c1-13-7-5-6-8-17(13)21-20-22(3)19(23)18(25-20)12-15-9-10-16(24-4)11-14(15)2/h5-12H,1-4H3/b18-12+,21-20?. The number of aryl methyl sites for hydroxylation is 2. The first-order valence-electron chi connectivity index (χ1n) is 7.96. The molecule has 128 valence electrons. The Morgan fingerprint density at radius 1 is 1.12 bits per heavy atom. The van der Waals surface area contributed by atoms with Crippen molar-refractivity contribution in [2.24, 2.45) is 4.99 Å². The van der Waals surface area contributed by atoms with Crippen LogP contribution in [0.2, 0.25) is 0 Å². The molecule has 3 rings (SSSR count). The summed E-state index contributed by atoms with van der Waals surface area (Å²) in [6.45, 7) is 4.02. The molecule has 1 heterocycles. The van der Waals surface area contributed by atoms with Gasteiger partial charge in [0, 0.05) is 7.05 Å². The van der Waals surface area contributed by atoms with Crippen LogP contribution in [-0.4, -0.2) is 30.1 Å². The number of likely N-dealkylation sites (N-methyl/N-ethyl adjacent to an activating group) is 1. The van der Waals surface area contributed by atoms with Crippen molar-refractivity contribution >= 4 is 34.6 Å². The van der Waals surface area contributed by atoms with E-state index in [1.165, 1.54) is 11.8 Å². The monoisotopic (exact) mass is 352 g/mol. The number of carbonyl (C=O) groups excluding carboxylic acids is 1. The third kappa shape index (κ3) is 3.61. The topological polar surface area (TPSA) is 41.9 Å². The maximum absolute atomic E-state index is 12.6. The minimum absolute atomic E-state index is 0.0347. The largest absolute Gasteiger partial charge is 0.497 e. The lowest BCUT2D eigenvalue weighted by Gasteiger charge is -2.08. The highest BCUT2D eigenvalue weighted by Crippen LogP contribution is 2.34. The molecule has 0 atom stereocenters. The Labute approximate surface area is 152 Å². The molecule has 1 aliphatic heterocycles. The highest BCUT2D eigenvalue weighted by Gasteiger charge is 2.30. The second-order valence-electron chi connectivity index (χ2n) is 5.88. The van der Waals surface area contributed by atoms with Crippen LogP contribution in [0.25, 0.3) is 6.08 Å². The molecule has 0 bridgehead atoms. The van der Waals surface area contributed by atoms with Gasteiger partial charge >= 0.3 is 0 Å². The molecule has 25 heavy (non-hydrogen) atoms. The van der Waals surface area contributed by atoms with E-state index < -0.39 is 0 Å². The normalized spacial score (nSPS) is 17.6. The maximum atomic E-state index is 12.6. The van der Waals surface area contributed by atoms with E-state index in [1.54, 1.807) is 19.1 Å². The summed E-state index contributed by atoms with van der Waals surface area (Å²) in [7, 11) is 3.40. The minimum atomic E-state index is -0.0347. The van der Waals surface area contributed by atoms with Gasteiger partial charge in [-0.15, -0.1) is 0 Å². The first kappa shape index (κ1) is 17.3. The lowest BCUT2D eigenvalue weighted by atomic mass is 10.1. The van der Waals surface area contributed by atoms with E-state index in [4.69, 9.17) is 4.74 Å². The summed E-state index contributed by atoms with van der Waals surface area (Å²) < 4.78 is 5.23. The van der Waals surface area contributed by atoms with Gasteiger partial charge in [-0.05, 0) is 66.6 Å². The van der Waals surface area contributed by atoms with Gasteiger partial charge in [0.05, 0.1) is 17.7 Å². The summed E-state index contributed by atoms with van der Waals surface area (Å²) in [4.78, 5) is 19.5. The van der Waals surface area contributed by atoms with Gasteiger partial charge in [-0.2, -0.15) is 0 Å². The number of thioether (sulfide) groups is 1. The SMILES string of the molecule is COc1ccc(/C=C2/SC(=Nc3ccccc3C)N(C)C2=O)c(C)c1. The predicted octanol–water partition coefficient (Wildman–Crippen LogP) is 4.55. The fourth-order valence-corrected chi connectivity index (χ4v) is 3.49. The molecule has 2 aromatic rings. The highest BCUT2D eigenvalue weighted by atomic mass is 32.2. The van der Waals surface area contributed by atoms with E-state index in [1.807, 2.05) is 62.4 Å². The van der Waals surface area contributed by atoms with E-state index in [-0.39, 0.29) is 5.91 Å². The number of hydrogen-bond donors (Lipinski definition) is 0. The number of rotatable bonds is 3. The van der Waals surface area contributed by atoms with Gasteiger partial charge in [0.25, 0.3) is 5.91 Å². The van der Waals surface area contributed by atoms with Crippen LogP contribution in [0.5, 0.6) is 5.75 Å². The fourth-order valence-electron chi connectivity index (χ4n) is 2.52. The van der Waals surface area contributed by atoms with Crippen molar-refractivity contribution in [1.82, 2.24) is 4.90 Å². The molecule has 0 spiro atoms. The zero-order valence-electron chi connectivity index (χ0n) is 14.7. The first-order valence-corrected chi connectivity index (χ1v) is 8.78. The lowest BCUT2D eigenvalue weighted by Crippen LogP contribution is -2.23. The summed E-state index contributed by atoms with van der Waals surface area (Å²) in [5.41, 5.74) is 4.03. The Hall–Kier alpha value is -2.53. The third-order valence-corrected chi connectivity index (χ3v) is 5.16. The Morgan fingerprint density at radius 2 is 1.88 bits per heavy atom. The molecule has 2 aromatic carbocycles. The predicted molar refractivity (Wildman–Crippen MR) is 104 cm³/mol. The zero-order chi connectivity index (χ0) is 18.0. The van der Waals surface area contributed by atoms with Crippen molar-refractivity contribution in [3.63, 3.8) is 0 Å². The number of nitrogens with zero attached hydrogens (tertiary/aromatic N) is 2. The molecule has 0 saturated carbocycles. The summed E-state index contributed by atoms with van der Waals surface area (Å²) >= 11 is 1.40. The van der Waals surface area contributed by atoms with Crippen LogP contribution in [0, 0.1) is 13.8 Å². The molecule has 0 radical (unpaired) electrons. The highest BCUT2D eigenvalue weighted by molar-refractivity contribution is 8.18. The lowest BCUT2D eigenvalue weighted by molar-refractivity contribution is -0.121. The van der Waals surface area contributed by atoms with Gasteiger partial charge < -0.3 is 4.74 Å². The van der Waals surface area contributed by atoms with Crippen molar-refractivity contribution in [3.05, 3.63) is 64.1 Å². The van der Waals surface area contributed by atoms with Gasteiger partial charge in [-0.1, -0.05) is 24.3 Å². The number of amides is 1. The Balaban J connectivity index is 1.92. The molecular formula is C20H20N2O2S. The first-order chi connectivity index (χ1) is 12.0. The molecule has 1 amide bonds. The Bertz CT molecular complexity index is 887. The minimum Gasteiger partial charge on any atom is -0.497 e. The van der Waals surface area contributed by atoms with Crippen LogP contribution < -0.4 is 4.74 Å². The summed E-state index contributed by atoms with van der Waals surface area (Å²) in [5.74, 6) is 0.775. The van der Waals surface area contributed by atoms with E-state index in [0.717, 1.165) is 28.1 Å². The van der Waals surface area contributed by atoms with Gasteiger partial charge in [-0.25, -0.2) is 4.99 Å². The summed E-state index contributed by atoms with van der Waals surface area (Å²) in [5, 5.41) is 0.691. The van der Waals surface area contributed by atoms with E-state index in [2.05, 4.69) is 4.99 Å². The quantitative estimate of drug-likeness (QED) is 0.761. The smallest absolute Gasteiger partial charge is 0.266 e. The Kier molecular flexibility index (Phi) is 4.95. The molecule has 0 aromatic heterocycles. The van der Waals surface area contributed by atoms with Crippen LogP contribution in [0.4, 0.5) is 5.69 Å². The summed E-state index contributed by atoms with van der Waals surface area (Å²) in [6.07, 6.45) is 1.92. The number of para-hydroxylation sites is 1. The molecule has 0 N–H and O–H groups in total. The van der Waals surface area contributed by atoms with E-state index >= 15 is 0 Å². The van der Waals surface area contributed by atoms with Crippen molar-refractivity contribution < 1.29 is 9.53 Å². The second kappa shape index (κ2) is 7.15. The van der Waals surface area contributed by atoms with Gasteiger partial charge in [0.2, 0.25) is 0 Å². The van der Waals surface area contributed by atoms with Crippen LogP contribution in [0.1, 0.15) is 16.7 Å². The zero-order valence-corrected chi connectivity index (χ0v) is 15.6. The fraction of sp³-hybridized carbons (Fsp3) is 0.200. The average molecular weight is 352 g/mol. The van der Waals surface area contributed by atoms with Crippen molar-refractivity contribution in [2.45, 2.75) is 13.8 Å². The number of methoxy groups -OCH3 is 1. The van der Waals surface area contributed by atoms with E-state index in [0.29, 0.717) is 10.1 Å². The van der Waals surface area contributed by atoms with Crippen molar-refractivity contribution in [2.75, 3.05) is 14.2 Å². The number of hydrogen-bond acceptors (Lipinski definition) is 4. The molecular weight excluding hydrogens is 332 g/mol. The van der Waals surface area contributed by atoms with Gasteiger partial charge in [0.15, 0.2) is 5.17 Å². The average Bonchev–Trinajstić information content (AvgIpc) is 2.86. The number of carbonyl (C=O) groups is 1. The second-order valence-corrected chi connectivity index (χ2v) is 6.89. The van der Waals surface area contributed by atoms with Crippen LogP contribution in [0.3, 0.4) is 0 Å².